The van der Waals surface area contributed by atoms with E-state index in [2.05, 4.69) is 10.6 Å². The minimum Gasteiger partial charge on any atom is -0.353 e. The topological polar surface area (TPSA) is 41.1 Å². The summed E-state index contributed by atoms with van der Waals surface area (Å²) in [5.41, 5.74) is 1.04. The third-order valence-electron chi connectivity index (χ3n) is 3.68. The first-order valence-corrected chi connectivity index (χ1v) is 7.35. The molecule has 3 nitrogen and oxygen atoms in total. The van der Waals surface area contributed by atoms with Gasteiger partial charge in [0.25, 0.3) is 0 Å². The lowest BCUT2D eigenvalue weighted by molar-refractivity contribution is -0.123. The molecule has 0 spiro atoms. The number of halogens is 1. The number of hydrogen-bond acceptors (Lipinski definition) is 2. The zero-order chi connectivity index (χ0) is 13.7. The maximum atomic E-state index is 12.4. The largest absolute Gasteiger partial charge is 0.353 e. The number of nitrogens with one attached hydrogen (secondary N) is 2. The van der Waals surface area contributed by atoms with Crippen LogP contribution in [0.1, 0.15) is 37.7 Å². The van der Waals surface area contributed by atoms with Gasteiger partial charge in [-0.25, -0.2) is 0 Å². The molecule has 1 atom stereocenters. The Morgan fingerprint density at radius 3 is 2.58 bits per heavy atom. The highest BCUT2D eigenvalue weighted by molar-refractivity contribution is 6.30. The molecule has 1 unspecified atom stereocenters. The van der Waals surface area contributed by atoms with Crippen LogP contribution in [-0.4, -0.2) is 25.0 Å². The van der Waals surface area contributed by atoms with Gasteiger partial charge in [0.2, 0.25) is 5.91 Å². The predicted octanol–water partition coefficient (Wildman–Crippen LogP) is 2.70. The van der Waals surface area contributed by atoms with Gasteiger partial charge < -0.3 is 10.6 Å². The van der Waals surface area contributed by atoms with Crippen LogP contribution >= 0.6 is 11.6 Å². The van der Waals surface area contributed by atoms with Gasteiger partial charge in [-0.1, -0.05) is 30.7 Å². The Morgan fingerprint density at radius 1 is 1.37 bits per heavy atom. The summed E-state index contributed by atoms with van der Waals surface area (Å²) in [7, 11) is 0. The Hall–Kier alpha value is -1.06. The summed E-state index contributed by atoms with van der Waals surface area (Å²) in [6.07, 6.45) is 2.84. The highest BCUT2D eigenvalue weighted by atomic mass is 35.5. The summed E-state index contributed by atoms with van der Waals surface area (Å²) in [6, 6.07) is 7.89. The molecule has 0 bridgehead atoms. The zero-order valence-corrected chi connectivity index (χ0v) is 12.0. The molecule has 19 heavy (non-hydrogen) atoms. The minimum atomic E-state index is -0.0767. The first kappa shape index (κ1) is 14.4. The molecule has 0 aliphatic carbocycles. The predicted molar refractivity (Wildman–Crippen MR) is 78.5 cm³/mol. The van der Waals surface area contributed by atoms with Crippen molar-refractivity contribution in [2.24, 2.45) is 0 Å². The molecular weight excluding hydrogens is 260 g/mol. The number of carbonyl (C=O) groups excluding carboxylic acids is 1. The molecule has 0 saturated carbocycles. The van der Waals surface area contributed by atoms with Crippen molar-refractivity contribution < 1.29 is 4.79 Å². The quantitative estimate of drug-likeness (QED) is 0.890. The lowest BCUT2D eigenvalue weighted by atomic mass is 9.94. The normalized spacial score (nSPS) is 18.0. The summed E-state index contributed by atoms with van der Waals surface area (Å²) < 4.78 is 0. The van der Waals surface area contributed by atoms with Gasteiger partial charge in [-0.3, -0.25) is 4.79 Å². The van der Waals surface area contributed by atoms with Crippen LogP contribution in [0.25, 0.3) is 0 Å². The molecule has 1 aliphatic heterocycles. The summed E-state index contributed by atoms with van der Waals surface area (Å²) in [4.78, 5) is 12.4. The number of piperidine rings is 1. The van der Waals surface area contributed by atoms with Gasteiger partial charge in [0.1, 0.15) is 0 Å². The van der Waals surface area contributed by atoms with Crippen LogP contribution < -0.4 is 10.6 Å². The molecule has 4 heteroatoms. The van der Waals surface area contributed by atoms with E-state index in [-0.39, 0.29) is 11.8 Å². The van der Waals surface area contributed by atoms with Crippen LogP contribution in [0.5, 0.6) is 0 Å². The van der Waals surface area contributed by atoms with Crippen LogP contribution in [0, 0.1) is 0 Å². The smallest absolute Gasteiger partial charge is 0.227 e. The van der Waals surface area contributed by atoms with E-state index in [0.29, 0.717) is 11.1 Å². The van der Waals surface area contributed by atoms with Gasteiger partial charge >= 0.3 is 0 Å². The molecule has 0 radical (unpaired) electrons. The van der Waals surface area contributed by atoms with Crippen LogP contribution in [0.2, 0.25) is 5.02 Å². The Morgan fingerprint density at radius 2 is 2.00 bits per heavy atom. The van der Waals surface area contributed by atoms with Crippen molar-refractivity contribution >= 4 is 17.5 Å². The van der Waals surface area contributed by atoms with E-state index < -0.39 is 0 Å². The number of amides is 1. The molecule has 2 rings (SSSR count). The Balaban J connectivity index is 2.00. The van der Waals surface area contributed by atoms with E-state index in [1.54, 1.807) is 0 Å². The van der Waals surface area contributed by atoms with E-state index in [1.807, 2.05) is 31.2 Å². The molecular formula is C15H21ClN2O. The molecule has 1 fully saturated rings. The monoisotopic (exact) mass is 280 g/mol. The van der Waals surface area contributed by atoms with Gasteiger partial charge in [-0.05, 0) is 50.0 Å². The first-order chi connectivity index (χ1) is 9.20. The summed E-state index contributed by atoms with van der Waals surface area (Å²) >= 11 is 5.89. The third kappa shape index (κ3) is 3.95. The van der Waals surface area contributed by atoms with E-state index in [0.717, 1.165) is 37.9 Å². The highest BCUT2D eigenvalue weighted by Gasteiger charge is 2.22. The van der Waals surface area contributed by atoms with E-state index in [9.17, 15) is 4.79 Å². The van der Waals surface area contributed by atoms with Crippen molar-refractivity contribution in [3.63, 3.8) is 0 Å². The lowest BCUT2D eigenvalue weighted by Crippen LogP contribution is -2.44. The summed E-state index contributed by atoms with van der Waals surface area (Å²) in [6.45, 7) is 4.02. The zero-order valence-electron chi connectivity index (χ0n) is 11.3. The molecule has 1 heterocycles. The lowest BCUT2D eigenvalue weighted by Gasteiger charge is -2.26. The van der Waals surface area contributed by atoms with Crippen molar-refractivity contribution in [3.8, 4) is 0 Å². The van der Waals surface area contributed by atoms with Gasteiger partial charge in [-0.2, -0.15) is 0 Å². The Kier molecular flexibility index (Phi) is 5.23. The molecule has 1 aromatic rings. The fourth-order valence-corrected chi connectivity index (χ4v) is 2.66. The van der Waals surface area contributed by atoms with E-state index in [4.69, 9.17) is 11.6 Å². The molecule has 1 amide bonds. The Labute approximate surface area is 119 Å². The Bertz CT molecular complexity index is 413. The average Bonchev–Trinajstić information content (AvgIpc) is 2.43. The number of rotatable bonds is 4. The van der Waals surface area contributed by atoms with Crippen molar-refractivity contribution in [1.82, 2.24) is 10.6 Å². The average molecular weight is 281 g/mol. The van der Waals surface area contributed by atoms with Crippen LogP contribution in [-0.2, 0) is 4.79 Å². The molecule has 2 N–H and O–H groups in total. The fraction of sp³-hybridized carbons (Fsp3) is 0.533. The van der Waals surface area contributed by atoms with Gasteiger partial charge in [0.05, 0.1) is 5.92 Å². The van der Waals surface area contributed by atoms with Crippen molar-refractivity contribution in [1.29, 1.82) is 0 Å². The maximum Gasteiger partial charge on any atom is 0.227 e. The van der Waals surface area contributed by atoms with Crippen LogP contribution in [0.15, 0.2) is 24.3 Å². The summed E-state index contributed by atoms with van der Waals surface area (Å²) in [5, 5.41) is 7.18. The first-order valence-electron chi connectivity index (χ1n) is 6.97. The number of benzene rings is 1. The van der Waals surface area contributed by atoms with Crippen molar-refractivity contribution in [2.75, 3.05) is 13.1 Å². The van der Waals surface area contributed by atoms with Crippen molar-refractivity contribution in [3.05, 3.63) is 34.9 Å². The molecule has 104 valence electrons. The highest BCUT2D eigenvalue weighted by Crippen LogP contribution is 2.22. The van der Waals surface area contributed by atoms with Crippen molar-refractivity contribution in [2.45, 2.75) is 38.1 Å². The standard InChI is InChI=1S/C15H21ClN2O/c1-2-14(11-3-5-12(16)6-4-11)15(19)18-13-7-9-17-10-8-13/h3-6,13-14,17H,2,7-10H2,1H3,(H,18,19). The molecule has 1 aliphatic rings. The molecule has 1 saturated heterocycles. The number of carbonyl (C=O) groups is 1. The second-order valence-corrected chi connectivity index (χ2v) is 5.48. The van der Waals surface area contributed by atoms with Gasteiger partial charge in [-0.15, -0.1) is 0 Å². The van der Waals surface area contributed by atoms with Gasteiger partial charge in [0.15, 0.2) is 0 Å². The van der Waals surface area contributed by atoms with Crippen LogP contribution in [0.4, 0.5) is 0 Å². The third-order valence-corrected chi connectivity index (χ3v) is 3.93. The molecule has 1 aromatic carbocycles. The number of hydrogen-bond donors (Lipinski definition) is 2. The fourth-order valence-electron chi connectivity index (χ4n) is 2.54. The van der Waals surface area contributed by atoms with Gasteiger partial charge in [0, 0.05) is 11.1 Å². The second kappa shape index (κ2) is 6.92. The molecule has 0 aromatic heterocycles. The SMILES string of the molecule is CCC(C(=O)NC1CCNCC1)c1ccc(Cl)cc1. The maximum absolute atomic E-state index is 12.4. The summed E-state index contributed by atoms with van der Waals surface area (Å²) in [5.74, 6) is 0.0591. The van der Waals surface area contributed by atoms with E-state index in [1.165, 1.54) is 0 Å². The second-order valence-electron chi connectivity index (χ2n) is 5.05. The van der Waals surface area contributed by atoms with E-state index >= 15 is 0 Å². The minimum absolute atomic E-state index is 0.0767. The van der Waals surface area contributed by atoms with Crippen LogP contribution in [0.3, 0.4) is 0 Å².